The van der Waals surface area contributed by atoms with Crippen molar-refractivity contribution in [3.63, 3.8) is 0 Å². The van der Waals surface area contributed by atoms with Gasteiger partial charge in [-0.2, -0.15) is 5.10 Å². The minimum atomic E-state index is 0.147. The maximum atomic E-state index is 5.49. The molecule has 0 bridgehead atoms. The van der Waals surface area contributed by atoms with Crippen LogP contribution in [0.15, 0.2) is 30.6 Å². The summed E-state index contributed by atoms with van der Waals surface area (Å²) in [6.45, 7) is 6.04. The molecule has 0 aliphatic rings. The lowest BCUT2D eigenvalue weighted by atomic mass is 10.1. The average Bonchev–Trinajstić information content (AvgIpc) is 2.91. The fourth-order valence-electron chi connectivity index (χ4n) is 2.52. The highest BCUT2D eigenvalue weighted by Gasteiger charge is 2.21. The second-order valence-corrected chi connectivity index (χ2v) is 4.96. The Morgan fingerprint density at radius 2 is 2.19 bits per heavy atom. The first kappa shape index (κ1) is 15.5. The molecule has 2 aromatic heterocycles. The second kappa shape index (κ2) is 7.78. The number of pyridine rings is 1. The number of methoxy groups -OCH3 is 1. The van der Waals surface area contributed by atoms with Crippen LogP contribution < -0.4 is 10.1 Å². The van der Waals surface area contributed by atoms with Crippen molar-refractivity contribution < 1.29 is 4.74 Å². The summed E-state index contributed by atoms with van der Waals surface area (Å²) in [6, 6.07) is 6.16. The Kier molecular flexibility index (Phi) is 5.75. The molecule has 2 rings (SSSR count). The van der Waals surface area contributed by atoms with E-state index in [1.165, 1.54) is 0 Å². The minimum Gasteiger partial charge on any atom is -0.493 e. The molecule has 0 aliphatic heterocycles. The highest BCUT2D eigenvalue weighted by atomic mass is 16.5. The summed E-state index contributed by atoms with van der Waals surface area (Å²) in [6.07, 6.45) is 5.49. The Hall–Kier alpha value is -1.88. The number of ether oxygens (including phenoxy) is 1. The van der Waals surface area contributed by atoms with E-state index in [0.29, 0.717) is 0 Å². The summed E-state index contributed by atoms with van der Waals surface area (Å²) in [4.78, 5) is 4.43. The molecule has 1 unspecified atom stereocenters. The van der Waals surface area contributed by atoms with Crippen molar-refractivity contribution in [1.29, 1.82) is 0 Å². The summed E-state index contributed by atoms with van der Waals surface area (Å²) in [7, 11) is 1.70. The predicted molar refractivity (Wildman–Crippen MR) is 83.4 cm³/mol. The third kappa shape index (κ3) is 3.82. The van der Waals surface area contributed by atoms with Gasteiger partial charge in [0.1, 0.15) is 0 Å². The number of hydrogen-bond donors (Lipinski definition) is 1. The number of hydrogen-bond acceptors (Lipinski definition) is 4. The molecule has 5 heteroatoms. The summed E-state index contributed by atoms with van der Waals surface area (Å²) in [5.74, 6) is 0.838. The summed E-state index contributed by atoms with van der Waals surface area (Å²) < 4.78 is 7.53. The number of rotatable bonds is 8. The predicted octanol–water partition coefficient (Wildman–Crippen LogP) is 2.59. The average molecular weight is 288 g/mol. The zero-order valence-electron chi connectivity index (χ0n) is 13.0. The molecule has 2 heterocycles. The van der Waals surface area contributed by atoms with E-state index in [0.717, 1.165) is 43.1 Å². The Labute approximate surface area is 126 Å². The van der Waals surface area contributed by atoms with Crippen molar-refractivity contribution in [3.8, 4) is 5.75 Å². The van der Waals surface area contributed by atoms with E-state index in [4.69, 9.17) is 4.74 Å². The molecule has 0 saturated carbocycles. The van der Waals surface area contributed by atoms with Gasteiger partial charge < -0.3 is 10.1 Å². The molecule has 0 fully saturated rings. The number of aromatic nitrogens is 3. The molecule has 21 heavy (non-hydrogen) atoms. The van der Waals surface area contributed by atoms with Crippen LogP contribution in [-0.4, -0.2) is 28.4 Å². The van der Waals surface area contributed by atoms with Crippen LogP contribution in [0, 0.1) is 0 Å². The van der Waals surface area contributed by atoms with Crippen molar-refractivity contribution in [2.75, 3.05) is 13.7 Å². The van der Waals surface area contributed by atoms with Crippen LogP contribution in [0.1, 0.15) is 37.7 Å². The molecule has 0 radical (unpaired) electrons. The lowest BCUT2D eigenvalue weighted by molar-refractivity contribution is 0.389. The lowest BCUT2D eigenvalue weighted by Crippen LogP contribution is -2.26. The molecule has 0 amide bonds. The van der Waals surface area contributed by atoms with Gasteiger partial charge in [0.05, 0.1) is 25.0 Å². The summed E-state index contributed by atoms with van der Waals surface area (Å²) in [5, 5.41) is 7.98. The lowest BCUT2D eigenvalue weighted by Gasteiger charge is -2.20. The molecule has 0 aliphatic carbocycles. The molecule has 0 saturated heterocycles. The Morgan fingerprint density at radius 1 is 1.33 bits per heavy atom. The van der Waals surface area contributed by atoms with Crippen molar-refractivity contribution in [3.05, 3.63) is 42.0 Å². The van der Waals surface area contributed by atoms with Crippen LogP contribution in [0.5, 0.6) is 5.75 Å². The second-order valence-electron chi connectivity index (χ2n) is 4.96. The molecule has 5 nitrogen and oxygen atoms in total. The van der Waals surface area contributed by atoms with Crippen LogP contribution in [0.4, 0.5) is 0 Å². The number of nitrogens with zero attached hydrogens (tertiary/aromatic N) is 3. The van der Waals surface area contributed by atoms with Gasteiger partial charge >= 0.3 is 0 Å². The van der Waals surface area contributed by atoms with Gasteiger partial charge in [-0.3, -0.25) is 9.67 Å². The SMILES string of the molecule is CCCn1ncc(OC)c1C(Cc1ccccn1)NCC. The van der Waals surface area contributed by atoms with Crippen LogP contribution in [0.25, 0.3) is 0 Å². The molecular formula is C16H24N4O. The Balaban J connectivity index is 2.30. The number of likely N-dealkylation sites (N-methyl/N-ethyl adjacent to an activating group) is 1. The van der Waals surface area contributed by atoms with E-state index in [9.17, 15) is 0 Å². The maximum absolute atomic E-state index is 5.49. The number of nitrogens with one attached hydrogen (secondary N) is 1. The van der Waals surface area contributed by atoms with Gasteiger partial charge in [-0.1, -0.05) is 19.9 Å². The van der Waals surface area contributed by atoms with Crippen molar-refractivity contribution in [1.82, 2.24) is 20.1 Å². The quantitative estimate of drug-likeness (QED) is 0.811. The summed E-state index contributed by atoms with van der Waals surface area (Å²) >= 11 is 0. The van der Waals surface area contributed by atoms with Gasteiger partial charge in [0.15, 0.2) is 5.75 Å². The zero-order valence-corrected chi connectivity index (χ0v) is 13.0. The van der Waals surface area contributed by atoms with Gasteiger partial charge in [0.25, 0.3) is 0 Å². The standard InChI is InChI=1S/C16H24N4O/c1-4-10-20-16(15(21-3)12-19-20)14(17-5-2)11-13-8-6-7-9-18-13/h6-9,12,14,17H,4-5,10-11H2,1-3H3. The highest BCUT2D eigenvalue weighted by Crippen LogP contribution is 2.27. The van der Waals surface area contributed by atoms with Crippen LogP contribution in [0.2, 0.25) is 0 Å². The van der Waals surface area contributed by atoms with Crippen molar-refractivity contribution in [2.24, 2.45) is 0 Å². The van der Waals surface area contributed by atoms with E-state index >= 15 is 0 Å². The normalized spacial score (nSPS) is 12.3. The van der Waals surface area contributed by atoms with Gasteiger partial charge in [-0.25, -0.2) is 0 Å². The van der Waals surface area contributed by atoms with Crippen molar-refractivity contribution >= 4 is 0 Å². The molecule has 2 aromatic rings. The van der Waals surface area contributed by atoms with Crippen LogP contribution in [-0.2, 0) is 13.0 Å². The first-order chi connectivity index (χ1) is 10.3. The van der Waals surface area contributed by atoms with Gasteiger partial charge in [-0.05, 0) is 25.1 Å². The molecule has 1 atom stereocenters. The van der Waals surface area contributed by atoms with Crippen LogP contribution in [0.3, 0.4) is 0 Å². The van der Waals surface area contributed by atoms with Gasteiger partial charge in [0, 0.05) is 24.9 Å². The first-order valence-corrected chi connectivity index (χ1v) is 7.53. The molecule has 0 spiro atoms. The van der Waals surface area contributed by atoms with Crippen molar-refractivity contribution in [2.45, 2.75) is 39.3 Å². The van der Waals surface area contributed by atoms with E-state index in [2.05, 4.69) is 35.3 Å². The molecule has 114 valence electrons. The molecular weight excluding hydrogens is 264 g/mol. The van der Waals surface area contributed by atoms with Gasteiger partial charge in [0.2, 0.25) is 0 Å². The van der Waals surface area contributed by atoms with E-state index in [1.807, 2.05) is 23.0 Å². The third-order valence-electron chi connectivity index (χ3n) is 3.42. The Morgan fingerprint density at radius 3 is 2.81 bits per heavy atom. The molecule has 0 aromatic carbocycles. The zero-order chi connectivity index (χ0) is 15.1. The smallest absolute Gasteiger partial charge is 0.161 e. The summed E-state index contributed by atoms with van der Waals surface area (Å²) in [5.41, 5.74) is 2.17. The van der Waals surface area contributed by atoms with Crippen LogP contribution >= 0.6 is 0 Å². The highest BCUT2D eigenvalue weighted by molar-refractivity contribution is 5.29. The first-order valence-electron chi connectivity index (χ1n) is 7.53. The third-order valence-corrected chi connectivity index (χ3v) is 3.42. The van der Waals surface area contributed by atoms with Gasteiger partial charge in [-0.15, -0.1) is 0 Å². The van der Waals surface area contributed by atoms with E-state index in [1.54, 1.807) is 13.3 Å². The monoisotopic (exact) mass is 288 g/mol. The fourth-order valence-corrected chi connectivity index (χ4v) is 2.52. The maximum Gasteiger partial charge on any atom is 0.161 e. The largest absolute Gasteiger partial charge is 0.493 e. The van der Waals surface area contributed by atoms with E-state index in [-0.39, 0.29) is 6.04 Å². The fraction of sp³-hybridized carbons (Fsp3) is 0.500. The number of aryl methyl sites for hydroxylation is 1. The minimum absolute atomic E-state index is 0.147. The topological polar surface area (TPSA) is 52.0 Å². The van der Waals surface area contributed by atoms with E-state index < -0.39 is 0 Å². The Bertz CT molecular complexity index is 538. The molecule has 1 N–H and O–H groups in total.